The fraction of sp³-hybridized carbons (Fsp3) is 0.600. The van der Waals surface area contributed by atoms with Crippen LogP contribution in [0.2, 0.25) is 0 Å². The first-order valence-corrected chi connectivity index (χ1v) is 15.7. The number of rotatable bonds is 9. The molecule has 5 nitrogen and oxygen atoms in total. The minimum Gasteiger partial charge on any atom is -0.497 e. The van der Waals surface area contributed by atoms with Crippen molar-refractivity contribution < 1.29 is 14.2 Å². The predicted octanol–water partition coefficient (Wildman–Crippen LogP) is 9.04. The lowest BCUT2D eigenvalue weighted by Crippen LogP contribution is -2.45. The van der Waals surface area contributed by atoms with Crippen molar-refractivity contribution in [3.63, 3.8) is 0 Å². The first-order valence-electron chi connectivity index (χ1n) is 15.7. The zero-order valence-corrected chi connectivity index (χ0v) is 26.5. The first-order chi connectivity index (χ1) is 19.5. The van der Waals surface area contributed by atoms with Gasteiger partial charge in [0.1, 0.15) is 5.75 Å². The van der Waals surface area contributed by atoms with Gasteiger partial charge in [-0.15, -0.1) is 0 Å². The molecule has 1 fully saturated rings. The van der Waals surface area contributed by atoms with E-state index in [1.807, 2.05) is 0 Å². The monoisotopic (exact) mass is 550 g/mol. The topological polar surface area (TPSA) is 43.0 Å². The van der Waals surface area contributed by atoms with Crippen LogP contribution in [0, 0.1) is 0 Å². The Hall–Kier alpha value is -2.50. The normalized spacial score (nSPS) is 17.8. The van der Waals surface area contributed by atoms with Gasteiger partial charge in [-0.05, 0) is 89.3 Å². The Balaban J connectivity index is 0.000000490. The van der Waals surface area contributed by atoms with Crippen molar-refractivity contribution in [1.82, 2.24) is 10.2 Å². The Morgan fingerprint density at radius 2 is 1.40 bits per heavy atom. The first kappa shape index (κ1) is 32.0. The zero-order valence-electron chi connectivity index (χ0n) is 26.5. The summed E-state index contributed by atoms with van der Waals surface area (Å²) in [5, 5.41) is 8.94. The van der Waals surface area contributed by atoms with Crippen molar-refractivity contribution in [3.8, 4) is 17.2 Å². The molecule has 5 heteroatoms. The zero-order chi connectivity index (χ0) is 29.1. The summed E-state index contributed by atoms with van der Waals surface area (Å²) in [6.07, 6.45) is 10.2. The van der Waals surface area contributed by atoms with Gasteiger partial charge in [0.15, 0.2) is 11.5 Å². The van der Waals surface area contributed by atoms with Crippen LogP contribution in [0.25, 0.3) is 21.5 Å². The van der Waals surface area contributed by atoms with E-state index in [2.05, 4.69) is 75.2 Å². The van der Waals surface area contributed by atoms with Crippen molar-refractivity contribution in [3.05, 3.63) is 41.5 Å². The Morgan fingerprint density at radius 1 is 0.775 bits per heavy atom. The number of unbranched alkanes of at least 4 members (excludes halogenated alkanes) is 3. The highest BCUT2D eigenvalue weighted by Crippen LogP contribution is 2.47. The van der Waals surface area contributed by atoms with Crippen LogP contribution < -0.4 is 19.5 Å². The number of hydrogen-bond acceptors (Lipinski definition) is 5. The minimum atomic E-state index is 0.334. The van der Waals surface area contributed by atoms with Gasteiger partial charge in [0, 0.05) is 18.6 Å². The van der Waals surface area contributed by atoms with Crippen LogP contribution in [0.1, 0.15) is 103 Å². The standard InChI is InChI=1S/C27H34N2O3.C5H12.C3H8/c1-5-6-11-28-27-23-8-7-12-29(23)16-22-21-15-25(32-4)24(31-3)14-20(21)19-13-17(30-2)9-10-18(19)26(22)27;1-3-5-4-2;1-3-2/h9-10,13-15,23,27-28H,5-8,11-12,16H2,1-4H3;3-5H2,1-2H3;3H2,1-2H3. The SMILES string of the molecule is CCC.CCCCC.CCCCNC1c2c(c3cc(OC)c(OC)cc3c3cc(OC)ccc23)CN2CCCC12. The molecule has 0 amide bonds. The van der Waals surface area contributed by atoms with E-state index in [1.54, 1.807) is 21.3 Å². The average molecular weight is 551 g/mol. The molecule has 2 aliphatic heterocycles. The quantitative estimate of drug-likeness (QED) is 0.213. The number of benzene rings is 3. The lowest BCUT2D eigenvalue weighted by Gasteiger charge is -2.40. The second-order valence-electron chi connectivity index (χ2n) is 11.1. The van der Waals surface area contributed by atoms with Gasteiger partial charge in [0.25, 0.3) is 0 Å². The van der Waals surface area contributed by atoms with Crippen molar-refractivity contribution in [2.75, 3.05) is 34.4 Å². The molecule has 222 valence electrons. The van der Waals surface area contributed by atoms with Gasteiger partial charge in [0.2, 0.25) is 0 Å². The molecule has 0 aliphatic carbocycles. The average Bonchev–Trinajstić information content (AvgIpc) is 3.46. The number of hydrogen-bond donors (Lipinski definition) is 1. The number of nitrogens with one attached hydrogen (secondary N) is 1. The maximum absolute atomic E-state index is 5.71. The molecule has 1 saturated heterocycles. The predicted molar refractivity (Wildman–Crippen MR) is 171 cm³/mol. The third-order valence-electron chi connectivity index (χ3n) is 8.05. The molecule has 2 atom stereocenters. The highest BCUT2D eigenvalue weighted by atomic mass is 16.5. The number of fused-ring (bicyclic) bond motifs is 7. The summed E-state index contributed by atoms with van der Waals surface area (Å²) in [5.41, 5.74) is 2.88. The van der Waals surface area contributed by atoms with E-state index < -0.39 is 0 Å². The Labute approximate surface area is 243 Å². The van der Waals surface area contributed by atoms with Crippen molar-refractivity contribution in [1.29, 1.82) is 0 Å². The molecule has 0 radical (unpaired) electrons. The molecule has 5 rings (SSSR count). The molecule has 1 N–H and O–H groups in total. The Morgan fingerprint density at radius 3 is 1.98 bits per heavy atom. The van der Waals surface area contributed by atoms with E-state index in [0.717, 1.165) is 30.3 Å². The number of ether oxygens (including phenoxy) is 3. The maximum atomic E-state index is 5.71. The van der Waals surface area contributed by atoms with Crippen molar-refractivity contribution >= 4 is 21.5 Å². The molecular formula is C35H54N2O3. The lowest BCUT2D eigenvalue weighted by molar-refractivity contribution is 0.180. The molecule has 3 aromatic carbocycles. The number of methoxy groups -OCH3 is 3. The molecule has 2 unspecified atom stereocenters. The lowest BCUT2D eigenvalue weighted by atomic mass is 9.82. The van der Waals surface area contributed by atoms with Crippen LogP contribution >= 0.6 is 0 Å². The molecular weight excluding hydrogens is 496 g/mol. The molecule has 0 spiro atoms. The fourth-order valence-electron chi connectivity index (χ4n) is 6.14. The van der Waals surface area contributed by atoms with Crippen LogP contribution in [0.15, 0.2) is 30.3 Å². The Kier molecular flexibility index (Phi) is 12.9. The van der Waals surface area contributed by atoms with Crippen LogP contribution in [0.5, 0.6) is 17.2 Å². The van der Waals surface area contributed by atoms with E-state index >= 15 is 0 Å². The summed E-state index contributed by atoms with van der Waals surface area (Å²) in [4.78, 5) is 2.68. The van der Waals surface area contributed by atoms with Crippen molar-refractivity contribution in [2.45, 2.75) is 105 Å². The van der Waals surface area contributed by atoms with E-state index in [9.17, 15) is 0 Å². The van der Waals surface area contributed by atoms with Gasteiger partial charge in [-0.3, -0.25) is 4.90 Å². The second kappa shape index (κ2) is 16.1. The Bertz CT molecular complexity index is 1210. The van der Waals surface area contributed by atoms with Gasteiger partial charge >= 0.3 is 0 Å². The summed E-state index contributed by atoms with van der Waals surface area (Å²) >= 11 is 0. The van der Waals surface area contributed by atoms with E-state index in [0.29, 0.717) is 12.1 Å². The van der Waals surface area contributed by atoms with Gasteiger partial charge in [-0.25, -0.2) is 0 Å². The number of nitrogens with zero attached hydrogens (tertiary/aromatic N) is 1. The van der Waals surface area contributed by atoms with E-state index in [1.165, 1.54) is 90.6 Å². The van der Waals surface area contributed by atoms with Gasteiger partial charge in [0.05, 0.1) is 21.3 Å². The van der Waals surface area contributed by atoms with Crippen LogP contribution in [-0.2, 0) is 6.54 Å². The molecule has 2 aliphatic rings. The fourth-order valence-corrected chi connectivity index (χ4v) is 6.14. The summed E-state index contributed by atoms with van der Waals surface area (Å²) in [5.74, 6) is 2.42. The molecule has 0 bridgehead atoms. The second-order valence-corrected chi connectivity index (χ2v) is 11.1. The summed E-state index contributed by atoms with van der Waals surface area (Å²) < 4.78 is 17.0. The maximum Gasteiger partial charge on any atom is 0.161 e. The highest BCUT2D eigenvalue weighted by Gasteiger charge is 2.39. The van der Waals surface area contributed by atoms with Crippen LogP contribution in [0.4, 0.5) is 0 Å². The summed E-state index contributed by atoms with van der Waals surface area (Å²) in [7, 11) is 5.15. The smallest absolute Gasteiger partial charge is 0.161 e. The van der Waals surface area contributed by atoms with Gasteiger partial charge < -0.3 is 19.5 Å². The van der Waals surface area contributed by atoms with Crippen LogP contribution in [-0.4, -0.2) is 45.4 Å². The molecule has 40 heavy (non-hydrogen) atoms. The summed E-state index contributed by atoms with van der Waals surface area (Å²) in [6, 6.07) is 11.7. The highest BCUT2D eigenvalue weighted by molar-refractivity contribution is 6.12. The van der Waals surface area contributed by atoms with Crippen LogP contribution in [0.3, 0.4) is 0 Å². The minimum absolute atomic E-state index is 0.334. The summed E-state index contributed by atoms with van der Waals surface area (Å²) in [6.45, 7) is 14.1. The van der Waals surface area contributed by atoms with E-state index in [-0.39, 0.29) is 0 Å². The molecule has 0 aromatic heterocycles. The van der Waals surface area contributed by atoms with Gasteiger partial charge in [-0.1, -0.05) is 72.8 Å². The largest absolute Gasteiger partial charge is 0.497 e. The molecule has 2 heterocycles. The third-order valence-corrected chi connectivity index (χ3v) is 8.05. The molecule has 0 saturated carbocycles. The molecule has 3 aromatic rings. The van der Waals surface area contributed by atoms with Crippen molar-refractivity contribution in [2.24, 2.45) is 0 Å². The van der Waals surface area contributed by atoms with E-state index in [4.69, 9.17) is 14.2 Å². The third kappa shape index (κ3) is 7.03. The van der Waals surface area contributed by atoms with Gasteiger partial charge in [-0.2, -0.15) is 0 Å².